The first kappa shape index (κ1) is 11.5. The molecule has 0 aromatic carbocycles. The van der Waals surface area contributed by atoms with Crippen molar-refractivity contribution in [2.45, 2.75) is 71.4 Å². The normalized spacial score (nSPS) is 37.6. The van der Waals surface area contributed by atoms with E-state index in [0.717, 1.165) is 6.42 Å². The molecule has 2 heteroatoms. The van der Waals surface area contributed by atoms with Crippen molar-refractivity contribution >= 4 is 5.84 Å². The number of rotatable bonds is 3. The van der Waals surface area contributed by atoms with Crippen LogP contribution >= 0.6 is 0 Å². The minimum absolute atomic E-state index is 0.246. The number of amidine groups is 1. The summed E-state index contributed by atoms with van der Waals surface area (Å²) >= 11 is 0. The molecule has 2 atom stereocenters. The van der Waals surface area contributed by atoms with E-state index in [2.05, 4.69) is 26.1 Å². The topological polar surface area (TPSA) is 24.4 Å². The van der Waals surface area contributed by atoms with Crippen molar-refractivity contribution in [3.63, 3.8) is 0 Å². The standard InChI is InChI=1S/C10H18N2.C2H6/c1-4-5-6-8-11-9(2)7-10(9,3)12-8;1-2/h4-7H2,1-3H3,(H,11,12);1-2H3. The highest BCUT2D eigenvalue weighted by Gasteiger charge is 2.65. The Morgan fingerprint density at radius 1 is 1.36 bits per heavy atom. The van der Waals surface area contributed by atoms with Gasteiger partial charge in [0.2, 0.25) is 0 Å². The SMILES string of the molecule is CC.CCCCC1=NC2(C)CC2(C)N1. The van der Waals surface area contributed by atoms with Crippen molar-refractivity contribution in [2.75, 3.05) is 0 Å². The molecule has 0 bridgehead atoms. The first-order valence-corrected chi connectivity index (χ1v) is 5.96. The molecule has 2 aliphatic rings. The highest BCUT2D eigenvalue weighted by Crippen LogP contribution is 2.53. The summed E-state index contributed by atoms with van der Waals surface area (Å²) in [5.74, 6) is 1.24. The van der Waals surface area contributed by atoms with Gasteiger partial charge in [-0.05, 0) is 26.7 Å². The third-order valence-electron chi connectivity index (χ3n) is 3.33. The monoisotopic (exact) mass is 196 g/mol. The second kappa shape index (κ2) is 3.92. The van der Waals surface area contributed by atoms with Crippen LogP contribution in [0.2, 0.25) is 0 Å². The van der Waals surface area contributed by atoms with Crippen molar-refractivity contribution in [1.82, 2.24) is 5.32 Å². The van der Waals surface area contributed by atoms with E-state index in [0.29, 0.717) is 5.54 Å². The van der Waals surface area contributed by atoms with Crippen molar-refractivity contribution < 1.29 is 0 Å². The van der Waals surface area contributed by atoms with Crippen LogP contribution in [0.4, 0.5) is 0 Å². The summed E-state index contributed by atoms with van der Waals surface area (Å²) in [4.78, 5) is 4.71. The van der Waals surface area contributed by atoms with Gasteiger partial charge in [-0.1, -0.05) is 27.2 Å². The van der Waals surface area contributed by atoms with Crippen LogP contribution in [0.3, 0.4) is 0 Å². The van der Waals surface area contributed by atoms with Gasteiger partial charge in [-0.2, -0.15) is 0 Å². The molecule has 0 amide bonds. The van der Waals surface area contributed by atoms with Crippen molar-refractivity contribution in [3.05, 3.63) is 0 Å². The molecule has 1 fully saturated rings. The largest absolute Gasteiger partial charge is 0.366 e. The fourth-order valence-electron chi connectivity index (χ4n) is 2.09. The molecule has 0 aromatic rings. The lowest BCUT2D eigenvalue weighted by atomic mass is 10.2. The van der Waals surface area contributed by atoms with E-state index < -0.39 is 0 Å². The zero-order chi connectivity index (χ0) is 10.8. The number of hydrogen-bond acceptors (Lipinski definition) is 2. The van der Waals surface area contributed by atoms with Crippen LogP contribution < -0.4 is 5.32 Å². The Hall–Kier alpha value is -0.530. The molecule has 1 aliphatic heterocycles. The molecule has 14 heavy (non-hydrogen) atoms. The van der Waals surface area contributed by atoms with Gasteiger partial charge in [-0.3, -0.25) is 4.99 Å². The predicted molar refractivity (Wildman–Crippen MR) is 62.9 cm³/mol. The second-order valence-corrected chi connectivity index (χ2v) is 4.57. The summed E-state index contributed by atoms with van der Waals surface area (Å²) in [7, 11) is 0. The molecule has 0 saturated heterocycles. The minimum atomic E-state index is 0.246. The number of nitrogens with zero attached hydrogens (tertiary/aromatic N) is 1. The molecule has 1 saturated carbocycles. The van der Waals surface area contributed by atoms with E-state index in [1.165, 1.54) is 25.1 Å². The Morgan fingerprint density at radius 3 is 2.43 bits per heavy atom. The first-order valence-electron chi connectivity index (χ1n) is 5.96. The fourth-order valence-corrected chi connectivity index (χ4v) is 2.09. The number of fused-ring (bicyclic) bond motifs is 1. The summed E-state index contributed by atoms with van der Waals surface area (Å²) in [6, 6.07) is 0. The van der Waals surface area contributed by atoms with Gasteiger partial charge in [0, 0.05) is 6.42 Å². The van der Waals surface area contributed by atoms with Gasteiger partial charge in [0.25, 0.3) is 0 Å². The minimum Gasteiger partial charge on any atom is -0.366 e. The zero-order valence-electron chi connectivity index (χ0n) is 10.3. The Balaban J connectivity index is 0.000000461. The molecule has 2 rings (SSSR count). The molecule has 1 heterocycles. The van der Waals surface area contributed by atoms with Gasteiger partial charge in [0.05, 0.1) is 16.9 Å². The molecule has 82 valence electrons. The summed E-state index contributed by atoms with van der Waals surface area (Å²) in [6.45, 7) is 10.7. The molecular weight excluding hydrogens is 172 g/mol. The average Bonchev–Trinajstić information content (AvgIpc) is 2.57. The van der Waals surface area contributed by atoms with Crippen LogP contribution in [0.5, 0.6) is 0 Å². The smallest absolute Gasteiger partial charge is 0.0975 e. The molecular formula is C12H24N2. The van der Waals surface area contributed by atoms with Crippen molar-refractivity contribution in [2.24, 2.45) is 4.99 Å². The van der Waals surface area contributed by atoms with Crippen LogP contribution in [-0.4, -0.2) is 16.9 Å². The molecule has 0 radical (unpaired) electrons. The Labute approximate surface area is 88.2 Å². The van der Waals surface area contributed by atoms with Crippen LogP contribution in [0.15, 0.2) is 4.99 Å². The summed E-state index contributed by atoms with van der Waals surface area (Å²) in [6.07, 6.45) is 4.88. The number of nitrogens with one attached hydrogen (secondary N) is 1. The summed E-state index contributed by atoms with van der Waals surface area (Å²) in [5.41, 5.74) is 0.562. The maximum Gasteiger partial charge on any atom is 0.0975 e. The molecule has 2 unspecified atom stereocenters. The third-order valence-corrected chi connectivity index (χ3v) is 3.33. The predicted octanol–water partition coefficient (Wildman–Crippen LogP) is 3.13. The summed E-state index contributed by atoms with van der Waals surface area (Å²) < 4.78 is 0. The van der Waals surface area contributed by atoms with Crippen molar-refractivity contribution in [3.8, 4) is 0 Å². The number of hydrogen-bond donors (Lipinski definition) is 1. The van der Waals surface area contributed by atoms with Crippen molar-refractivity contribution in [1.29, 1.82) is 0 Å². The number of unbranched alkanes of at least 4 members (excludes halogenated alkanes) is 1. The lowest BCUT2D eigenvalue weighted by molar-refractivity contribution is 0.595. The maximum atomic E-state index is 4.71. The van der Waals surface area contributed by atoms with Gasteiger partial charge >= 0.3 is 0 Å². The molecule has 1 N–H and O–H groups in total. The molecule has 0 aromatic heterocycles. The van der Waals surface area contributed by atoms with E-state index >= 15 is 0 Å². The highest BCUT2D eigenvalue weighted by atomic mass is 15.3. The second-order valence-electron chi connectivity index (χ2n) is 4.57. The van der Waals surface area contributed by atoms with Crippen LogP contribution in [0.25, 0.3) is 0 Å². The van der Waals surface area contributed by atoms with Crippen LogP contribution in [0, 0.1) is 0 Å². The van der Waals surface area contributed by atoms with E-state index in [-0.39, 0.29) is 5.54 Å². The van der Waals surface area contributed by atoms with Gasteiger partial charge in [-0.25, -0.2) is 0 Å². The quantitative estimate of drug-likeness (QED) is 0.737. The van der Waals surface area contributed by atoms with Crippen LogP contribution in [0.1, 0.15) is 60.3 Å². The average molecular weight is 196 g/mol. The Bertz CT molecular complexity index is 234. The lowest BCUT2D eigenvalue weighted by Crippen LogP contribution is -2.32. The van der Waals surface area contributed by atoms with E-state index in [9.17, 15) is 0 Å². The third kappa shape index (κ3) is 1.79. The molecule has 1 aliphatic carbocycles. The maximum absolute atomic E-state index is 4.71. The van der Waals surface area contributed by atoms with Gasteiger partial charge in [0.15, 0.2) is 0 Å². The Kier molecular flexibility index (Phi) is 3.23. The summed E-state index contributed by atoms with van der Waals surface area (Å²) in [5, 5.41) is 3.53. The van der Waals surface area contributed by atoms with Gasteiger partial charge in [-0.15, -0.1) is 0 Å². The van der Waals surface area contributed by atoms with Gasteiger partial charge in [0.1, 0.15) is 0 Å². The van der Waals surface area contributed by atoms with Crippen LogP contribution in [-0.2, 0) is 0 Å². The highest BCUT2D eigenvalue weighted by molar-refractivity contribution is 5.87. The van der Waals surface area contributed by atoms with Gasteiger partial charge < -0.3 is 5.32 Å². The fraction of sp³-hybridized carbons (Fsp3) is 0.917. The lowest BCUT2D eigenvalue weighted by Gasteiger charge is -2.09. The van der Waals surface area contributed by atoms with E-state index in [4.69, 9.17) is 4.99 Å². The Morgan fingerprint density at radius 2 is 2.00 bits per heavy atom. The molecule has 0 spiro atoms. The van der Waals surface area contributed by atoms with E-state index in [1.807, 2.05) is 13.8 Å². The first-order chi connectivity index (χ1) is 6.60. The molecule has 2 nitrogen and oxygen atoms in total. The zero-order valence-corrected chi connectivity index (χ0v) is 10.3. The van der Waals surface area contributed by atoms with E-state index in [1.54, 1.807) is 0 Å². The number of aliphatic imine (C=N–C) groups is 1.